The number of rotatable bonds is 5. The number of ether oxygens (including phenoxy) is 1. The molecule has 1 aromatic carbocycles. The lowest BCUT2D eigenvalue weighted by Gasteiger charge is -2.29. The van der Waals surface area contributed by atoms with Crippen molar-refractivity contribution in [2.75, 3.05) is 6.54 Å². The molecule has 1 fully saturated rings. The Morgan fingerprint density at radius 3 is 2.85 bits per heavy atom. The molecule has 27 heavy (non-hydrogen) atoms. The van der Waals surface area contributed by atoms with Gasteiger partial charge in [0.05, 0.1) is 6.10 Å². The maximum atomic E-state index is 13.9. The van der Waals surface area contributed by atoms with Gasteiger partial charge in [-0.15, -0.1) is 0 Å². The van der Waals surface area contributed by atoms with Gasteiger partial charge in [0.1, 0.15) is 23.3 Å². The van der Waals surface area contributed by atoms with Crippen molar-refractivity contribution in [1.82, 2.24) is 15.5 Å². The van der Waals surface area contributed by atoms with E-state index in [0.29, 0.717) is 34.8 Å². The van der Waals surface area contributed by atoms with Crippen molar-refractivity contribution < 1.29 is 18.4 Å². The molecule has 0 radical (unpaired) electrons. The average molecular weight is 369 g/mol. The largest absolute Gasteiger partial charge is 0.490 e. The standard InChI is InChI=1S/C20H20FN3O3/c21-16-3-1-2-15-18(8-10-22-19(15)16)27-14-6-4-13(5-7-14)12-23-20(25)17-9-11-26-24-17/h1-3,8-11,13-14H,4-7,12H2,(H,23,25). The zero-order chi connectivity index (χ0) is 18.6. The average Bonchev–Trinajstić information content (AvgIpc) is 3.23. The lowest BCUT2D eigenvalue weighted by Crippen LogP contribution is -2.33. The summed E-state index contributed by atoms with van der Waals surface area (Å²) in [5.41, 5.74) is 0.628. The number of benzene rings is 1. The topological polar surface area (TPSA) is 77.2 Å². The van der Waals surface area contributed by atoms with Crippen LogP contribution in [0.2, 0.25) is 0 Å². The van der Waals surface area contributed by atoms with Gasteiger partial charge in [0.2, 0.25) is 0 Å². The minimum absolute atomic E-state index is 0.0846. The summed E-state index contributed by atoms with van der Waals surface area (Å²) in [5, 5.41) is 7.22. The van der Waals surface area contributed by atoms with E-state index in [4.69, 9.17) is 4.74 Å². The molecule has 140 valence electrons. The third kappa shape index (κ3) is 3.92. The van der Waals surface area contributed by atoms with Crippen LogP contribution in [0.3, 0.4) is 0 Å². The summed E-state index contributed by atoms with van der Waals surface area (Å²) in [6.07, 6.45) is 6.74. The van der Waals surface area contributed by atoms with E-state index in [0.717, 1.165) is 25.7 Å². The lowest BCUT2D eigenvalue weighted by atomic mass is 9.87. The third-order valence-corrected chi connectivity index (χ3v) is 4.99. The van der Waals surface area contributed by atoms with Gasteiger partial charge < -0.3 is 14.6 Å². The second-order valence-electron chi connectivity index (χ2n) is 6.80. The molecular weight excluding hydrogens is 349 g/mol. The molecule has 2 aromatic heterocycles. The van der Waals surface area contributed by atoms with Gasteiger partial charge in [-0.2, -0.15) is 0 Å². The van der Waals surface area contributed by atoms with Crippen LogP contribution in [0.1, 0.15) is 36.2 Å². The molecule has 2 heterocycles. The van der Waals surface area contributed by atoms with E-state index >= 15 is 0 Å². The van der Waals surface area contributed by atoms with Gasteiger partial charge in [-0.3, -0.25) is 9.78 Å². The number of aromatic nitrogens is 2. The minimum Gasteiger partial charge on any atom is -0.490 e. The molecule has 0 atom stereocenters. The van der Waals surface area contributed by atoms with Crippen LogP contribution < -0.4 is 10.1 Å². The van der Waals surface area contributed by atoms with E-state index in [1.807, 2.05) is 6.07 Å². The minimum atomic E-state index is -0.343. The Bertz CT molecular complexity index is 921. The van der Waals surface area contributed by atoms with Crippen LogP contribution in [0.4, 0.5) is 4.39 Å². The molecule has 7 heteroatoms. The number of carbonyl (C=O) groups is 1. The Morgan fingerprint density at radius 1 is 1.22 bits per heavy atom. The fourth-order valence-corrected chi connectivity index (χ4v) is 3.51. The van der Waals surface area contributed by atoms with Crippen LogP contribution in [0.15, 0.2) is 47.3 Å². The Hall–Kier alpha value is -2.96. The zero-order valence-corrected chi connectivity index (χ0v) is 14.7. The quantitative estimate of drug-likeness (QED) is 0.741. The second kappa shape index (κ2) is 7.73. The highest BCUT2D eigenvalue weighted by atomic mass is 19.1. The van der Waals surface area contributed by atoms with Crippen LogP contribution in [-0.4, -0.2) is 28.7 Å². The zero-order valence-electron chi connectivity index (χ0n) is 14.7. The number of para-hydroxylation sites is 1. The molecule has 0 unspecified atom stereocenters. The first kappa shape index (κ1) is 17.5. The molecule has 1 amide bonds. The smallest absolute Gasteiger partial charge is 0.273 e. The first-order valence-electron chi connectivity index (χ1n) is 9.09. The van der Waals surface area contributed by atoms with E-state index in [-0.39, 0.29) is 17.8 Å². The van der Waals surface area contributed by atoms with Crippen molar-refractivity contribution in [2.45, 2.75) is 31.8 Å². The first-order valence-corrected chi connectivity index (χ1v) is 9.09. The van der Waals surface area contributed by atoms with E-state index in [1.165, 1.54) is 12.3 Å². The Morgan fingerprint density at radius 2 is 2.07 bits per heavy atom. The van der Waals surface area contributed by atoms with Crippen LogP contribution in [0, 0.1) is 11.7 Å². The molecule has 1 N–H and O–H groups in total. The van der Waals surface area contributed by atoms with Gasteiger partial charge in [0.15, 0.2) is 5.69 Å². The number of nitrogens with zero attached hydrogens (tertiary/aromatic N) is 2. The summed E-state index contributed by atoms with van der Waals surface area (Å²) in [6.45, 7) is 0.613. The van der Waals surface area contributed by atoms with Gasteiger partial charge in [-0.05, 0) is 49.8 Å². The van der Waals surface area contributed by atoms with Crippen LogP contribution >= 0.6 is 0 Å². The number of amides is 1. The van der Waals surface area contributed by atoms with Crippen LogP contribution in [0.25, 0.3) is 10.9 Å². The Balaban J connectivity index is 1.31. The third-order valence-electron chi connectivity index (χ3n) is 4.99. The molecular formula is C20H20FN3O3. The van der Waals surface area contributed by atoms with Crippen molar-refractivity contribution >= 4 is 16.8 Å². The predicted octanol–water partition coefficient (Wildman–Crippen LogP) is 3.73. The van der Waals surface area contributed by atoms with Gasteiger partial charge in [0, 0.05) is 24.2 Å². The first-order chi connectivity index (χ1) is 13.2. The van der Waals surface area contributed by atoms with Crippen LogP contribution in [0.5, 0.6) is 5.75 Å². The molecule has 6 nitrogen and oxygen atoms in total. The molecule has 0 bridgehead atoms. The maximum Gasteiger partial charge on any atom is 0.273 e. The van der Waals surface area contributed by atoms with E-state index < -0.39 is 0 Å². The Labute approximate surface area is 155 Å². The summed E-state index contributed by atoms with van der Waals surface area (Å²) in [7, 11) is 0. The van der Waals surface area contributed by atoms with Crippen molar-refractivity contribution in [3.8, 4) is 5.75 Å². The number of halogens is 1. The van der Waals surface area contributed by atoms with E-state index in [9.17, 15) is 9.18 Å². The van der Waals surface area contributed by atoms with Crippen molar-refractivity contribution in [3.05, 3.63) is 54.3 Å². The molecule has 0 spiro atoms. The maximum absolute atomic E-state index is 13.9. The summed E-state index contributed by atoms with van der Waals surface area (Å²) in [5.74, 6) is 0.520. The highest BCUT2D eigenvalue weighted by molar-refractivity contribution is 5.91. The molecule has 3 aromatic rings. The van der Waals surface area contributed by atoms with Crippen LogP contribution in [-0.2, 0) is 0 Å². The summed E-state index contributed by atoms with van der Waals surface area (Å²) in [4.78, 5) is 16.0. The molecule has 1 saturated carbocycles. The molecule has 1 aliphatic rings. The molecule has 1 aliphatic carbocycles. The van der Waals surface area contributed by atoms with Gasteiger partial charge >= 0.3 is 0 Å². The van der Waals surface area contributed by atoms with Gasteiger partial charge in [-0.1, -0.05) is 11.2 Å². The van der Waals surface area contributed by atoms with Crippen molar-refractivity contribution in [2.24, 2.45) is 5.92 Å². The number of pyridine rings is 1. The Kier molecular flexibility index (Phi) is 5.00. The number of carbonyl (C=O) groups excluding carboxylic acids is 1. The van der Waals surface area contributed by atoms with Crippen molar-refractivity contribution in [1.29, 1.82) is 0 Å². The lowest BCUT2D eigenvalue weighted by molar-refractivity contribution is 0.0920. The fraction of sp³-hybridized carbons (Fsp3) is 0.350. The summed E-state index contributed by atoms with van der Waals surface area (Å²) < 4.78 is 24.7. The normalized spacial score (nSPS) is 19.7. The second-order valence-corrected chi connectivity index (χ2v) is 6.80. The van der Waals surface area contributed by atoms with E-state index in [1.54, 1.807) is 24.4 Å². The number of nitrogens with one attached hydrogen (secondary N) is 1. The highest BCUT2D eigenvalue weighted by Gasteiger charge is 2.24. The van der Waals surface area contributed by atoms with Gasteiger partial charge in [-0.25, -0.2) is 4.39 Å². The fourth-order valence-electron chi connectivity index (χ4n) is 3.51. The van der Waals surface area contributed by atoms with Crippen molar-refractivity contribution in [3.63, 3.8) is 0 Å². The monoisotopic (exact) mass is 369 g/mol. The number of fused-ring (bicyclic) bond motifs is 1. The highest BCUT2D eigenvalue weighted by Crippen LogP contribution is 2.31. The molecule has 4 rings (SSSR count). The number of hydrogen-bond acceptors (Lipinski definition) is 5. The van der Waals surface area contributed by atoms with Gasteiger partial charge in [0.25, 0.3) is 5.91 Å². The molecule has 0 saturated heterocycles. The SMILES string of the molecule is O=C(NCC1CCC(Oc2ccnc3c(F)cccc23)CC1)c1ccon1. The number of hydrogen-bond donors (Lipinski definition) is 1. The molecule has 0 aliphatic heterocycles. The summed E-state index contributed by atoms with van der Waals surface area (Å²) >= 11 is 0. The van der Waals surface area contributed by atoms with E-state index in [2.05, 4.69) is 20.0 Å². The predicted molar refractivity (Wildman–Crippen MR) is 96.9 cm³/mol. The summed E-state index contributed by atoms with van der Waals surface area (Å²) in [6, 6.07) is 8.22.